The van der Waals surface area contributed by atoms with E-state index in [9.17, 15) is 14.9 Å². The second-order valence-electron chi connectivity index (χ2n) is 2.75. The van der Waals surface area contributed by atoms with Crippen molar-refractivity contribution in [3.05, 3.63) is 33.4 Å². The average Bonchev–Trinajstić information content (AvgIpc) is 2.23. The van der Waals surface area contributed by atoms with Crippen LogP contribution in [-0.2, 0) is 0 Å². The van der Waals surface area contributed by atoms with Crippen LogP contribution in [0.25, 0.3) is 0 Å². The number of carboxylic acids is 1. The molecule has 0 aliphatic heterocycles. The Morgan fingerprint density at radius 3 is 2.31 bits per heavy atom. The number of hydrogen-bond donors (Lipinski definition) is 2. The number of nitro groups is 1. The van der Waals surface area contributed by atoms with Gasteiger partial charge in [0.15, 0.2) is 0 Å². The minimum absolute atomic E-state index is 0.102. The average molecular weight is 226 g/mol. The monoisotopic (exact) mass is 226 g/mol. The molecule has 16 heavy (non-hydrogen) atoms. The third-order valence-electron chi connectivity index (χ3n) is 1.85. The van der Waals surface area contributed by atoms with Crippen molar-refractivity contribution in [1.82, 2.24) is 0 Å². The highest BCUT2D eigenvalue weighted by molar-refractivity contribution is 5.95. The van der Waals surface area contributed by atoms with Gasteiger partial charge in [-0.2, -0.15) is 0 Å². The highest BCUT2D eigenvalue weighted by atomic mass is 16.6. The number of carbonyl (C=O) groups is 1. The van der Waals surface area contributed by atoms with Crippen LogP contribution in [0.5, 0.6) is 0 Å². The number of nitrogen functional groups attached to an aromatic ring is 1. The highest BCUT2D eigenvalue weighted by Crippen LogP contribution is 2.28. The summed E-state index contributed by atoms with van der Waals surface area (Å²) in [6.45, 7) is 5.58. The van der Waals surface area contributed by atoms with Crippen molar-refractivity contribution in [3.8, 4) is 0 Å². The lowest BCUT2D eigenvalue weighted by Gasteiger charge is -2.03. The quantitative estimate of drug-likeness (QED) is 0.456. The highest BCUT2D eigenvalue weighted by Gasteiger charge is 2.23. The summed E-state index contributed by atoms with van der Waals surface area (Å²) in [6.07, 6.45) is 0. The second kappa shape index (κ2) is 5.69. The molecule has 0 fully saturated rings. The maximum atomic E-state index is 10.6. The Kier molecular flexibility index (Phi) is 4.94. The molecule has 0 amide bonds. The molecule has 0 saturated carbocycles. The predicted octanol–water partition coefficient (Wildman–Crippen LogP) is 2.21. The number of nitrogens with two attached hydrogens (primary N) is 1. The van der Waals surface area contributed by atoms with Crippen LogP contribution in [-0.4, -0.2) is 16.0 Å². The maximum absolute atomic E-state index is 10.6. The lowest BCUT2D eigenvalue weighted by atomic mass is 10.1. The van der Waals surface area contributed by atoms with Crippen LogP contribution in [0, 0.1) is 17.0 Å². The summed E-state index contributed by atoms with van der Waals surface area (Å²) < 4.78 is 0. The summed E-state index contributed by atoms with van der Waals surface area (Å²) in [5, 5.41) is 19.2. The van der Waals surface area contributed by atoms with Gasteiger partial charge in [-0.1, -0.05) is 19.9 Å². The van der Waals surface area contributed by atoms with E-state index in [4.69, 9.17) is 10.8 Å². The van der Waals surface area contributed by atoms with Gasteiger partial charge < -0.3 is 10.8 Å². The molecule has 0 heterocycles. The molecule has 0 atom stereocenters. The fraction of sp³-hybridized carbons (Fsp3) is 0.300. The fourth-order valence-corrected chi connectivity index (χ4v) is 1.08. The van der Waals surface area contributed by atoms with Gasteiger partial charge in [0.1, 0.15) is 11.3 Å². The van der Waals surface area contributed by atoms with E-state index in [1.54, 1.807) is 6.92 Å². The molecule has 0 bridgehead atoms. The molecule has 1 aromatic carbocycles. The number of aromatic carboxylic acids is 1. The Labute approximate surface area is 92.8 Å². The van der Waals surface area contributed by atoms with Crippen molar-refractivity contribution >= 4 is 17.3 Å². The fourth-order valence-electron chi connectivity index (χ4n) is 1.08. The van der Waals surface area contributed by atoms with Gasteiger partial charge in [-0.25, -0.2) is 4.79 Å². The molecule has 1 aromatic rings. The van der Waals surface area contributed by atoms with E-state index in [1.165, 1.54) is 12.1 Å². The third kappa shape index (κ3) is 2.69. The number of hydrogen-bond acceptors (Lipinski definition) is 4. The first-order valence-corrected chi connectivity index (χ1v) is 4.72. The van der Waals surface area contributed by atoms with Gasteiger partial charge in [-0.05, 0) is 18.6 Å². The van der Waals surface area contributed by atoms with Gasteiger partial charge in [0.2, 0.25) is 0 Å². The van der Waals surface area contributed by atoms with E-state index < -0.39 is 22.1 Å². The first kappa shape index (κ1) is 13.9. The van der Waals surface area contributed by atoms with E-state index in [1.807, 2.05) is 13.8 Å². The van der Waals surface area contributed by atoms with E-state index in [0.717, 1.165) is 0 Å². The standard InChI is InChI=1S/C8H8N2O4.C2H6/c1-4-2-3-5(8(11)12)7(6(4)9)10(13)14;1-2/h2-3H,9H2,1H3,(H,11,12);1-2H3. The SMILES string of the molecule is CC.Cc1ccc(C(=O)O)c([N+](=O)[O-])c1N. The van der Waals surface area contributed by atoms with Crippen molar-refractivity contribution in [2.75, 3.05) is 5.73 Å². The number of nitro benzene ring substituents is 1. The van der Waals surface area contributed by atoms with Crippen LogP contribution >= 0.6 is 0 Å². The van der Waals surface area contributed by atoms with Gasteiger partial charge >= 0.3 is 11.7 Å². The number of carboxylic acid groups (broad SMARTS) is 1. The molecule has 6 nitrogen and oxygen atoms in total. The lowest BCUT2D eigenvalue weighted by Crippen LogP contribution is -2.06. The Morgan fingerprint density at radius 1 is 1.44 bits per heavy atom. The number of nitrogens with zero attached hydrogens (tertiary/aromatic N) is 1. The third-order valence-corrected chi connectivity index (χ3v) is 1.85. The Hall–Kier alpha value is -2.11. The van der Waals surface area contributed by atoms with Crippen LogP contribution in [0.3, 0.4) is 0 Å². The minimum atomic E-state index is -1.36. The maximum Gasteiger partial charge on any atom is 0.342 e. The molecule has 88 valence electrons. The number of rotatable bonds is 2. The summed E-state index contributed by atoms with van der Waals surface area (Å²) in [5.41, 5.74) is 4.87. The molecule has 0 aliphatic rings. The van der Waals surface area contributed by atoms with Crippen LogP contribution in [0.2, 0.25) is 0 Å². The van der Waals surface area contributed by atoms with Crippen molar-refractivity contribution in [2.45, 2.75) is 20.8 Å². The van der Waals surface area contributed by atoms with Crippen molar-refractivity contribution in [3.63, 3.8) is 0 Å². The molecule has 1 rings (SSSR count). The zero-order valence-electron chi connectivity index (χ0n) is 9.35. The number of aryl methyl sites for hydroxylation is 1. The molecule has 6 heteroatoms. The molecule has 0 spiro atoms. The number of benzene rings is 1. The molecule has 0 saturated heterocycles. The van der Waals surface area contributed by atoms with Crippen LogP contribution in [0.1, 0.15) is 29.8 Å². The van der Waals surface area contributed by atoms with E-state index in [0.29, 0.717) is 5.56 Å². The van der Waals surface area contributed by atoms with Crippen molar-refractivity contribution in [2.24, 2.45) is 0 Å². The first-order valence-electron chi connectivity index (χ1n) is 4.72. The summed E-state index contributed by atoms with van der Waals surface area (Å²) >= 11 is 0. The largest absolute Gasteiger partial charge is 0.477 e. The normalized spacial score (nSPS) is 8.94. The Balaban J connectivity index is 0.00000106. The first-order chi connectivity index (χ1) is 7.45. The Morgan fingerprint density at radius 2 is 1.94 bits per heavy atom. The van der Waals surface area contributed by atoms with Gasteiger partial charge in [0.25, 0.3) is 0 Å². The van der Waals surface area contributed by atoms with Gasteiger partial charge in [-0.3, -0.25) is 10.1 Å². The van der Waals surface area contributed by atoms with E-state index in [-0.39, 0.29) is 5.69 Å². The molecule has 3 N–H and O–H groups in total. The van der Waals surface area contributed by atoms with Crippen molar-refractivity contribution < 1.29 is 14.8 Å². The second-order valence-corrected chi connectivity index (χ2v) is 2.75. The summed E-state index contributed by atoms with van der Waals surface area (Å²) in [6, 6.07) is 2.61. The topological polar surface area (TPSA) is 106 Å². The zero-order chi connectivity index (χ0) is 12.9. The van der Waals surface area contributed by atoms with Gasteiger partial charge in [-0.15, -0.1) is 0 Å². The lowest BCUT2D eigenvalue weighted by molar-refractivity contribution is -0.384. The summed E-state index contributed by atoms with van der Waals surface area (Å²) in [7, 11) is 0. The molecule has 0 unspecified atom stereocenters. The van der Waals surface area contributed by atoms with Gasteiger partial charge in [0.05, 0.1) is 4.92 Å². The summed E-state index contributed by atoms with van der Waals surface area (Å²) in [4.78, 5) is 20.4. The van der Waals surface area contributed by atoms with Crippen LogP contribution in [0.4, 0.5) is 11.4 Å². The summed E-state index contributed by atoms with van der Waals surface area (Å²) in [5.74, 6) is -1.36. The van der Waals surface area contributed by atoms with Crippen molar-refractivity contribution in [1.29, 1.82) is 0 Å². The van der Waals surface area contributed by atoms with E-state index in [2.05, 4.69) is 0 Å². The van der Waals surface area contributed by atoms with Crippen LogP contribution in [0.15, 0.2) is 12.1 Å². The zero-order valence-corrected chi connectivity index (χ0v) is 9.35. The Bertz CT molecular complexity index is 416. The molecular weight excluding hydrogens is 212 g/mol. The van der Waals surface area contributed by atoms with Crippen LogP contribution < -0.4 is 5.73 Å². The molecule has 0 aliphatic carbocycles. The predicted molar refractivity (Wildman–Crippen MR) is 60.6 cm³/mol. The van der Waals surface area contributed by atoms with Gasteiger partial charge in [0, 0.05) is 0 Å². The molecule has 0 radical (unpaired) electrons. The molecular formula is C10H14N2O4. The van der Waals surface area contributed by atoms with E-state index >= 15 is 0 Å². The minimum Gasteiger partial charge on any atom is -0.477 e. The molecule has 0 aromatic heterocycles. The number of anilines is 1. The smallest absolute Gasteiger partial charge is 0.342 e.